The van der Waals surface area contributed by atoms with Gasteiger partial charge in [0.05, 0.1) is 24.0 Å². The van der Waals surface area contributed by atoms with E-state index in [9.17, 15) is 14.7 Å². The third kappa shape index (κ3) is 3.64. The monoisotopic (exact) mass is 332 g/mol. The average Bonchev–Trinajstić information content (AvgIpc) is 2.79. The Hall–Kier alpha value is -2.21. The fourth-order valence-electron chi connectivity index (χ4n) is 2.68. The summed E-state index contributed by atoms with van der Waals surface area (Å²) in [6.07, 6.45) is 1.64. The fraction of sp³-hybridized carbons (Fsp3) is 0.500. The van der Waals surface area contributed by atoms with Gasteiger partial charge in [0, 0.05) is 18.7 Å². The van der Waals surface area contributed by atoms with Crippen molar-refractivity contribution in [2.75, 3.05) is 13.2 Å². The molecule has 24 heavy (non-hydrogen) atoms. The smallest absolute Gasteiger partial charge is 0.290 e. The Kier molecular flexibility index (Phi) is 5.72. The van der Waals surface area contributed by atoms with Crippen LogP contribution in [0.2, 0.25) is 0 Å². The Labute approximate surface area is 142 Å². The number of aliphatic hydroxyl groups excluding tert-OH is 1. The molecule has 1 aliphatic rings. The molecule has 6 heteroatoms. The van der Waals surface area contributed by atoms with Crippen molar-refractivity contribution in [3.05, 3.63) is 41.4 Å². The van der Waals surface area contributed by atoms with E-state index in [0.717, 1.165) is 0 Å². The first-order valence-electron chi connectivity index (χ1n) is 8.15. The number of carbonyl (C=O) groups excluding carboxylic acids is 2. The van der Waals surface area contributed by atoms with E-state index in [1.165, 1.54) is 4.90 Å². The third-order valence-electron chi connectivity index (χ3n) is 3.84. The highest BCUT2D eigenvalue weighted by molar-refractivity contribution is 6.09. The molecule has 1 aliphatic heterocycles. The number of pyridine rings is 1. The van der Waals surface area contributed by atoms with Crippen molar-refractivity contribution in [3.63, 3.8) is 0 Å². The van der Waals surface area contributed by atoms with Crippen LogP contribution < -0.4 is 0 Å². The minimum Gasteiger partial charge on any atom is -0.503 e. The second-order valence-corrected chi connectivity index (χ2v) is 6.36. The van der Waals surface area contributed by atoms with Crippen molar-refractivity contribution < 1.29 is 19.4 Å². The molecule has 1 N–H and O–H groups in total. The van der Waals surface area contributed by atoms with Crippen molar-refractivity contribution in [2.45, 2.75) is 39.8 Å². The molecular formula is C18H24N2O4. The lowest BCUT2D eigenvalue weighted by atomic mass is 9.93. The Morgan fingerprint density at radius 3 is 2.58 bits per heavy atom. The van der Waals surface area contributed by atoms with Crippen LogP contribution in [-0.2, 0) is 14.3 Å². The van der Waals surface area contributed by atoms with E-state index in [4.69, 9.17) is 4.74 Å². The van der Waals surface area contributed by atoms with Crippen LogP contribution in [0.25, 0.3) is 0 Å². The number of aliphatic hydroxyl groups is 1. The van der Waals surface area contributed by atoms with Gasteiger partial charge in [0.1, 0.15) is 6.04 Å². The van der Waals surface area contributed by atoms with Crippen LogP contribution in [-0.4, -0.2) is 45.9 Å². The number of carbonyl (C=O) groups is 2. The van der Waals surface area contributed by atoms with Gasteiger partial charge in [0.2, 0.25) is 0 Å². The van der Waals surface area contributed by atoms with Crippen LogP contribution in [0.15, 0.2) is 35.7 Å². The van der Waals surface area contributed by atoms with Crippen LogP contribution in [0.5, 0.6) is 0 Å². The van der Waals surface area contributed by atoms with Crippen LogP contribution in [0, 0.1) is 5.92 Å². The van der Waals surface area contributed by atoms with Gasteiger partial charge in [-0.1, -0.05) is 19.9 Å². The molecular weight excluding hydrogens is 308 g/mol. The molecule has 0 saturated carbocycles. The predicted molar refractivity (Wildman–Crippen MR) is 89.3 cm³/mol. The van der Waals surface area contributed by atoms with Gasteiger partial charge in [-0.15, -0.1) is 0 Å². The Bertz CT molecular complexity index is 638. The number of nitrogens with zero attached hydrogens (tertiary/aromatic N) is 2. The molecule has 1 aromatic rings. The number of rotatable bonds is 7. The lowest BCUT2D eigenvalue weighted by Gasteiger charge is -2.26. The molecule has 0 fully saturated rings. The number of amides is 1. The van der Waals surface area contributed by atoms with Gasteiger partial charge in [-0.25, -0.2) is 0 Å². The van der Waals surface area contributed by atoms with Gasteiger partial charge in [0.15, 0.2) is 11.5 Å². The topological polar surface area (TPSA) is 79.7 Å². The van der Waals surface area contributed by atoms with E-state index in [2.05, 4.69) is 4.98 Å². The first-order chi connectivity index (χ1) is 11.3. The van der Waals surface area contributed by atoms with Crippen molar-refractivity contribution in [1.29, 1.82) is 0 Å². The zero-order chi connectivity index (χ0) is 17.9. The largest absolute Gasteiger partial charge is 0.503 e. The van der Waals surface area contributed by atoms with Gasteiger partial charge in [-0.05, 0) is 26.0 Å². The third-order valence-corrected chi connectivity index (χ3v) is 3.84. The van der Waals surface area contributed by atoms with Crippen molar-refractivity contribution in [3.8, 4) is 0 Å². The highest BCUT2D eigenvalue weighted by atomic mass is 16.5. The molecule has 130 valence electrons. The number of hydrogen-bond acceptors (Lipinski definition) is 5. The minimum atomic E-state index is -0.677. The van der Waals surface area contributed by atoms with Gasteiger partial charge in [-0.2, -0.15) is 0 Å². The highest BCUT2D eigenvalue weighted by Gasteiger charge is 2.44. The highest BCUT2D eigenvalue weighted by Crippen LogP contribution is 2.37. The number of Topliss-reactive ketones (excluding diaryl/α,β-unsaturated/α-hetero) is 1. The van der Waals surface area contributed by atoms with E-state index < -0.39 is 17.7 Å². The van der Waals surface area contributed by atoms with E-state index in [1.54, 1.807) is 38.2 Å². The second-order valence-electron chi connectivity index (χ2n) is 6.36. The molecule has 1 atom stereocenters. The molecule has 0 aromatic carbocycles. The van der Waals surface area contributed by atoms with Crippen LogP contribution in [0.1, 0.15) is 39.4 Å². The summed E-state index contributed by atoms with van der Waals surface area (Å²) in [5.74, 6) is -1.60. The molecule has 2 heterocycles. The zero-order valence-electron chi connectivity index (χ0n) is 14.5. The van der Waals surface area contributed by atoms with Gasteiger partial charge < -0.3 is 14.7 Å². The first kappa shape index (κ1) is 18.1. The predicted octanol–water partition coefficient (Wildman–Crippen LogP) is 2.43. The van der Waals surface area contributed by atoms with Crippen molar-refractivity contribution in [2.24, 2.45) is 5.92 Å². The molecule has 6 nitrogen and oxygen atoms in total. The molecule has 0 aliphatic carbocycles. The zero-order valence-corrected chi connectivity index (χ0v) is 14.5. The van der Waals surface area contributed by atoms with Crippen LogP contribution in [0.4, 0.5) is 0 Å². The first-order valence-corrected chi connectivity index (χ1v) is 8.15. The quantitative estimate of drug-likeness (QED) is 0.829. The maximum atomic E-state index is 12.6. The summed E-state index contributed by atoms with van der Waals surface area (Å²) in [7, 11) is 0. The summed E-state index contributed by atoms with van der Waals surface area (Å²) in [5, 5.41) is 10.3. The van der Waals surface area contributed by atoms with Gasteiger partial charge >= 0.3 is 0 Å². The van der Waals surface area contributed by atoms with Crippen molar-refractivity contribution >= 4 is 11.7 Å². The number of ether oxygens (including phenoxy) is 1. The second kappa shape index (κ2) is 7.57. The molecule has 0 spiro atoms. The maximum Gasteiger partial charge on any atom is 0.290 e. The van der Waals surface area contributed by atoms with Crippen molar-refractivity contribution in [1.82, 2.24) is 9.88 Å². The summed E-state index contributed by atoms with van der Waals surface area (Å²) in [6.45, 7) is 7.90. The SMILES string of the molecule is CC(C)OCCN1C(=O)C(O)=C(C(=O)C(C)C)C1c1ccccn1. The normalized spacial score (nSPS) is 18.2. The molecule has 1 aromatic heterocycles. The lowest BCUT2D eigenvalue weighted by molar-refractivity contribution is -0.130. The average molecular weight is 332 g/mol. The molecule has 0 saturated heterocycles. The standard InChI is InChI=1S/C18H24N2O4/c1-11(2)16(21)14-15(13-7-5-6-8-19-13)20(18(23)17(14)22)9-10-24-12(3)4/h5-8,11-12,15,22H,9-10H2,1-4H3. The van der Waals surface area contributed by atoms with E-state index in [-0.39, 0.29) is 29.9 Å². The summed E-state index contributed by atoms with van der Waals surface area (Å²) in [5.41, 5.74) is 0.682. The summed E-state index contributed by atoms with van der Waals surface area (Å²) in [4.78, 5) is 30.8. The molecule has 0 bridgehead atoms. The lowest BCUT2D eigenvalue weighted by Crippen LogP contribution is -2.35. The Balaban J connectivity index is 2.38. The van der Waals surface area contributed by atoms with Crippen LogP contribution in [0.3, 0.4) is 0 Å². The van der Waals surface area contributed by atoms with Crippen LogP contribution >= 0.6 is 0 Å². The van der Waals surface area contributed by atoms with E-state index >= 15 is 0 Å². The molecule has 2 rings (SSSR count). The molecule has 1 amide bonds. The maximum absolute atomic E-state index is 12.6. The molecule has 1 unspecified atom stereocenters. The summed E-state index contributed by atoms with van der Waals surface area (Å²) in [6, 6.07) is 4.63. The Morgan fingerprint density at radius 2 is 2.04 bits per heavy atom. The molecule has 0 radical (unpaired) electrons. The number of hydrogen-bond donors (Lipinski definition) is 1. The fourth-order valence-corrected chi connectivity index (χ4v) is 2.68. The number of aromatic nitrogens is 1. The van der Waals surface area contributed by atoms with Gasteiger partial charge in [-0.3, -0.25) is 14.6 Å². The summed E-state index contributed by atoms with van der Waals surface area (Å²) < 4.78 is 5.52. The number of ketones is 1. The van der Waals surface area contributed by atoms with Gasteiger partial charge in [0.25, 0.3) is 5.91 Å². The van der Waals surface area contributed by atoms with E-state index in [0.29, 0.717) is 12.3 Å². The van der Waals surface area contributed by atoms with E-state index in [1.807, 2.05) is 13.8 Å². The Morgan fingerprint density at radius 1 is 1.33 bits per heavy atom. The summed E-state index contributed by atoms with van der Waals surface area (Å²) >= 11 is 0. The minimum absolute atomic E-state index is 0.0364.